The number of ether oxygens (including phenoxy) is 1. The van der Waals surface area contributed by atoms with E-state index in [0.717, 1.165) is 13.0 Å². The third-order valence-corrected chi connectivity index (χ3v) is 2.30. The van der Waals surface area contributed by atoms with Gasteiger partial charge in [-0.3, -0.25) is 0 Å². The van der Waals surface area contributed by atoms with Crippen molar-refractivity contribution in [3.8, 4) is 5.88 Å². The second kappa shape index (κ2) is 5.70. The van der Waals surface area contributed by atoms with E-state index in [1.165, 1.54) is 6.33 Å². The summed E-state index contributed by atoms with van der Waals surface area (Å²) in [6.07, 6.45) is 2.50. The van der Waals surface area contributed by atoms with Crippen molar-refractivity contribution in [3.63, 3.8) is 0 Å². The number of rotatable bonds is 5. The van der Waals surface area contributed by atoms with Gasteiger partial charge in [0.2, 0.25) is 5.88 Å². The van der Waals surface area contributed by atoms with Gasteiger partial charge in [0, 0.05) is 6.54 Å². The van der Waals surface area contributed by atoms with Gasteiger partial charge in [-0.15, -0.1) is 0 Å². The standard InChI is InChI=1S/C12H22N4O/c1-5-17-11-9(13)10(15-8-16-11)14-7-6-12(2,3)4/h8H,5-7,13H2,1-4H3,(H,14,15,16). The van der Waals surface area contributed by atoms with Crippen molar-refractivity contribution < 1.29 is 4.74 Å². The normalized spacial score (nSPS) is 11.3. The van der Waals surface area contributed by atoms with E-state index in [-0.39, 0.29) is 5.41 Å². The van der Waals surface area contributed by atoms with Crippen LogP contribution in [0.1, 0.15) is 34.1 Å². The van der Waals surface area contributed by atoms with Crippen molar-refractivity contribution in [2.45, 2.75) is 34.1 Å². The first-order valence-corrected chi connectivity index (χ1v) is 5.91. The van der Waals surface area contributed by atoms with Crippen molar-refractivity contribution in [2.75, 3.05) is 24.2 Å². The topological polar surface area (TPSA) is 73.1 Å². The van der Waals surface area contributed by atoms with Crippen molar-refractivity contribution in [1.29, 1.82) is 0 Å². The van der Waals surface area contributed by atoms with E-state index in [2.05, 4.69) is 36.1 Å². The van der Waals surface area contributed by atoms with E-state index < -0.39 is 0 Å². The average Bonchev–Trinajstić information content (AvgIpc) is 2.22. The third kappa shape index (κ3) is 4.46. The number of anilines is 2. The summed E-state index contributed by atoms with van der Waals surface area (Å²) in [6.45, 7) is 9.87. The molecule has 0 aliphatic heterocycles. The zero-order valence-electron chi connectivity index (χ0n) is 11.1. The molecular weight excluding hydrogens is 216 g/mol. The average molecular weight is 238 g/mol. The summed E-state index contributed by atoms with van der Waals surface area (Å²) >= 11 is 0. The van der Waals surface area contributed by atoms with E-state index >= 15 is 0 Å². The molecule has 0 saturated carbocycles. The van der Waals surface area contributed by atoms with Gasteiger partial charge < -0.3 is 15.8 Å². The Morgan fingerprint density at radius 1 is 1.35 bits per heavy atom. The molecule has 0 aliphatic rings. The van der Waals surface area contributed by atoms with Gasteiger partial charge in [0.15, 0.2) is 5.82 Å². The zero-order valence-corrected chi connectivity index (χ0v) is 11.1. The van der Waals surface area contributed by atoms with E-state index in [9.17, 15) is 0 Å². The number of hydrogen-bond acceptors (Lipinski definition) is 5. The highest BCUT2D eigenvalue weighted by Gasteiger charge is 2.12. The summed E-state index contributed by atoms with van der Waals surface area (Å²) in [4.78, 5) is 8.10. The molecule has 0 aromatic carbocycles. The van der Waals surface area contributed by atoms with Gasteiger partial charge in [0.1, 0.15) is 12.0 Å². The van der Waals surface area contributed by atoms with Crippen LogP contribution in [0.25, 0.3) is 0 Å². The SMILES string of the molecule is CCOc1ncnc(NCCC(C)(C)C)c1N. The number of nitrogens with zero attached hydrogens (tertiary/aromatic N) is 2. The molecule has 5 nitrogen and oxygen atoms in total. The molecule has 0 radical (unpaired) electrons. The molecule has 1 aromatic rings. The monoisotopic (exact) mass is 238 g/mol. The number of nitrogen functional groups attached to an aromatic ring is 1. The Bertz CT molecular complexity index is 360. The van der Waals surface area contributed by atoms with Crippen LogP contribution in [0.2, 0.25) is 0 Å². The van der Waals surface area contributed by atoms with Gasteiger partial charge in [-0.05, 0) is 18.8 Å². The first-order chi connectivity index (χ1) is 7.94. The fourth-order valence-electron chi connectivity index (χ4n) is 1.33. The zero-order chi connectivity index (χ0) is 12.9. The minimum absolute atomic E-state index is 0.289. The molecule has 0 atom stereocenters. The molecule has 0 unspecified atom stereocenters. The lowest BCUT2D eigenvalue weighted by Gasteiger charge is -2.18. The van der Waals surface area contributed by atoms with Gasteiger partial charge in [-0.25, -0.2) is 4.98 Å². The van der Waals surface area contributed by atoms with Gasteiger partial charge in [-0.1, -0.05) is 20.8 Å². The van der Waals surface area contributed by atoms with E-state index in [4.69, 9.17) is 10.5 Å². The van der Waals surface area contributed by atoms with Gasteiger partial charge in [0.25, 0.3) is 0 Å². The second-order valence-electron chi connectivity index (χ2n) is 5.11. The lowest BCUT2D eigenvalue weighted by Crippen LogP contribution is -2.15. The van der Waals surface area contributed by atoms with Crippen LogP contribution in [0.4, 0.5) is 11.5 Å². The van der Waals surface area contributed by atoms with Crippen LogP contribution in [0, 0.1) is 5.41 Å². The Hall–Kier alpha value is -1.52. The molecule has 17 heavy (non-hydrogen) atoms. The van der Waals surface area contributed by atoms with Crippen molar-refractivity contribution in [2.24, 2.45) is 5.41 Å². The highest BCUT2D eigenvalue weighted by atomic mass is 16.5. The largest absolute Gasteiger partial charge is 0.476 e. The van der Waals surface area contributed by atoms with Crippen LogP contribution in [0.15, 0.2) is 6.33 Å². The molecule has 96 valence electrons. The minimum Gasteiger partial charge on any atom is -0.476 e. The van der Waals surface area contributed by atoms with Gasteiger partial charge in [-0.2, -0.15) is 4.98 Å². The first-order valence-electron chi connectivity index (χ1n) is 5.91. The summed E-state index contributed by atoms with van der Waals surface area (Å²) in [5.74, 6) is 1.09. The molecule has 0 amide bonds. The summed E-state index contributed by atoms with van der Waals surface area (Å²) in [7, 11) is 0. The summed E-state index contributed by atoms with van der Waals surface area (Å²) in [5, 5.41) is 3.21. The lowest BCUT2D eigenvalue weighted by molar-refractivity contribution is 0.328. The predicted molar refractivity (Wildman–Crippen MR) is 70.2 cm³/mol. The molecule has 0 aliphatic carbocycles. The molecule has 1 aromatic heterocycles. The van der Waals surface area contributed by atoms with Gasteiger partial charge >= 0.3 is 0 Å². The minimum atomic E-state index is 0.289. The molecule has 1 rings (SSSR count). The number of hydrogen-bond donors (Lipinski definition) is 2. The maximum atomic E-state index is 5.91. The van der Waals surface area contributed by atoms with Crippen LogP contribution in [-0.2, 0) is 0 Å². The molecule has 5 heteroatoms. The fourth-order valence-corrected chi connectivity index (χ4v) is 1.33. The number of aromatic nitrogens is 2. The van der Waals surface area contributed by atoms with Crippen molar-refractivity contribution in [3.05, 3.63) is 6.33 Å². The highest BCUT2D eigenvalue weighted by Crippen LogP contribution is 2.25. The molecule has 3 N–H and O–H groups in total. The Kier molecular flexibility index (Phi) is 4.54. The van der Waals surface area contributed by atoms with Crippen LogP contribution >= 0.6 is 0 Å². The maximum absolute atomic E-state index is 5.91. The van der Waals surface area contributed by atoms with E-state index in [0.29, 0.717) is 24.0 Å². The Balaban J connectivity index is 2.62. The Morgan fingerprint density at radius 3 is 2.65 bits per heavy atom. The summed E-state index contributed by atoms with van der Waals surface area (Å²) in [6, 6.07) is 0. The van der Waals surface area contributed by atoms with Crippen LogP contribution < -0.4 is 15.8 Å². The summed E-state index contributed by atoms with van der Waals surface area (Å²) < 4.78 is 5.31. The number of nitrogens with two attached hydrogens (primary N) is 1. The van der Waals surface area contributed by atoms with E-state index in [1.807, 2.05) is 6.92 Å². The highest BCUT2D eigenvalue weighted by molar-refractivity contribution is 5.66. The first kappa shape index (κ1) is 13.5. The predicted octanol–water partition coefficient (Wildman–Crippen LogP) is 2.31. The third-order valence-electron chi connectivity index (χ3n) is 2.30. The molecule has 0 fully saturated rings. The molecular formula is C12H22N4O. The van der Waals surface area contributed by atoms with Crippen LogP contribution in [0.3, 0.4) is 0 Å². The van der Waals surface area contributed by atoms with Crippen molar-refractivity contribution >= 4 is 11.5 Å². The fraction of sp³-hybridized carbons (Fsp3) is 0.667. The smallest absolute Gasteiger partial charge is 0.242 e. The van der Waals surface area contributed by atoms with Gasteiger partial charge in [0.05, 0.1) is 6.61 Å². The van der Waals surface area contributed by atoms with Crippen molar-refractivity contribution in [1.82, 2.24) is 9.97 Å². The molecule has 0 bridgehead atoms. The molecule has 0 saturated heterocycles. The Morgan fingerprint density at radius 2 is 2.06 bits per heavy atom. The second-order valence-corrected chi connectivity index (χ2v) is 5.11. The molecule has 0 spiro atoms. The summed E-state index contributed by atoms with van der Waals surface area (Å²) in [5.41, 5.74) is 6.67. The quantitative estimate of drug-likeness (QED) is 0.823. The van der Waals surface area contributed by atoms with E-state index in [1.54, 1.807) is 0 Å². The Labute approximate surface area is 103 Å². The van der Waals surface area contributed by atoms with Crippen LogP contribution in [0.5, 0.6) is 5.88 Å². The maximum Gasteiger partial charge on any atom is 0.242 e. The number of nitrogens with one attached hydrogen (secondary N) is 1. The lowest BCUT2D eigenvalue weighted by atomic mass is 9.92. The van der Waals surface area contributed by atoms with Crippen LogP contribution in [-0.4, -0.2) is 23.1 Å². The molecule has 1 heterocycles.